The molecule has 4 nitrogen and oxygen atoms in total. The van der Waals surface area contributed by atoms with Crippen LogP contribution in [0.15, 0.2) is 42.5 Å². The van der Waals surface area contributed by atoms with Crippen LogP contribution in [-0.4, -0.2) is 22.0 Å². The van der Waals surface area contributed by atoms with Gasteiger partial charge < -0.3 is 4.90 Å². The van der Waals surface area contributed by atoms with Gasteiger partial charge in [-0.3, -0.25) is 4.72 Å². The van der Waals surface area contributed by atoms with Gasteiger partial charge in [-0.25, -0.2) is 8.42 Å². The standard InChI is InChI=1S/C18H22N2O2S/c1-14-6-3-4-7-16(14)13-23(21,22)19-17-10-9-15-8-5-11-20(2)18(15)12-17/h3-4,6-7,9-10,12,19H,5,8,11,13H2,1-2H3. The molecule has 0 atom stereocenters. The molecule has 2 aromatic carbocycles. The minimum Gasteiger partial charge on any atom is -0.374 e. The second kappa shape index (κ2) is 6.24. The second-order valence-electron chi connectivity index (χ2n) is 6.16. The topological polar surface area (TPSA) is 49.4 Å². The predicted octanol–water partition coefficient (Wildman–Crippen LogP) is 3.32. The first kappa shape index (κ1) is 15.9. The zero-order valence-corrected chi connectivity index (χ0v) is 14.4. The number of benzene rings is 2. The Morgan fingerprint density at radius 1 is 1.17 bits per heavy atom. The van der Waals surface area contributed by atoms with E-state index >= 15 is 0 Å². The number of aryl methyl sites for hydroxylation is 2. The van der Waals surface area contributed by atoms with E-state index in [2.05, 4.69) is 9.62 Å². The quantitative estimate of drug-likeness (QED) is 0.935. The fourth-order valence-corrected chi connectivity index (χ4v) is 4.31. The molecule has 1 aliphatic heterocycles. The molecule has 0 amide bonds. The SMILES string of the molecule is Cc1ccccc1CS(=O)(=O)Nc1ccc2c(c1)N(C)CCC2. The molecule has 23 heavy (non-hydrogen) atoms. The molecule has 5 heteroatoms. The van der Waals surface area contributed by atoms with Crippen LogP contribution in [0.2, 0.25) is 0 Å². The maximum Gasteiger partial charge on any atom is 0.236 e. The normalized spacial score (nSPS) is 14.4. The van der Waals surface area contributed by atoms with Crippen molar-refractivity contribution in [3.05, 3.63) is 59.2 Å². The van der Waals surface area contributed by atoms with Crippen molar-refractivity contribution < 1.29 is 8.42 Å². The Kier molecular flexibility index (Phi) is 4.31. The maximum atomic E-state index is 12.4. The van der Waals surface area contributed by atoms with E-state index in [9.17, 15) is 8.42 Å². The summed E-state index contributed by atoms with van der Waals surface area (Å²) < 4.78 is 27.6. The average molecular weight is 330 g/mol. The summed E-state index contributed by atoms with van der Waals surface area (Å²) in [5.41, 5.74) is 4.84. The van der Waals surface area contributed by atoms with Crippen LogP contribution in [0.3, 0.4) is 0 Å². The molecule has 0 radical (unpaired) electrons. The van der Waals surface area contributed by atoms with Gasteiger partial charge >= 0.3 is 0 Å². The largest absolute Gasteiger partial charge is 0.374 e. The molecule has 0 bridgehead atoms. The number of rotatable bonds is 4. The second-order valence-corrected chi connectivity index (χ2v) is 7.88. The van der Waals surface area contributed by atoms with E-state index in [1.807, 2.05) is 56.4 Å². The van der Waals surface area contributed by atoms with Crippen LogP contribution in [0.4, 0.5) is 11.4 Å². The lowest BCUT2D eigenvalue weighted by atomic mass is 10.0. The van der Waals surface area contributed by atoms with Crippen LogP contribution in [0.5, 0.6) is 0 Å². The molecule has 0 aliphatic carbocycles. The van der Waals surface area contributed by atoms with Gasteiger partial charge in [-0.15, -0.1) is 0 Å². The third kappa shape index (κ3) is 3.67. The fourth-order valence-electron chi connectivity index (χ4n) is 3.01. The van der Waals surface area contributed by atoms with E-state index in [1.165, 1.54) is 5.56 Å². The van der Waals surface area contributed by atoms with E-state index in [4.69, 9.17) is 0 Å². The molecule has 0 unspecified atom stereocenters. The highest BCUT2D eigenvalue weighted by Gasteiger charge is 2.17. The molecule has 3 rings (SSSR count). The summed E-state index contributed by atoms with van der Waals surface area (Å²) in [5.74, 6) is -0.00734. The van der Waals surface area contributed by atoms with Gasteiger partial charge in [0, 0.05) is 19.3 Å². The van der Waals surface area contributed by atoms with Crippen molar-refractivity contribution in [2.24, 2.45) is 0 Å². The smallest absolute Gasteiger partial charge is 0.236 e. The summed E-state index contributed by atoms with van der Waals surface area (Å²) in [5, 5.41) is 0. The Morgan fingerprint density at radius 3 is 2.74 bits per heavy atom. The summed E-state index contributed by atoms with van der Waals surface area (Å²) in [7, 11) is -1.38. The van der Waals surface area contributed by atoms with Crippen LogP contribution in [-0.2, 0) is 22.2 Å². The monoisotopic (exact) mass is 330 g/mol. The molecule has 1 aliphatic rings. The van der Waals surface area contributed by atoms with E-state index in [0.717, 1.165) is 36.2 Å². The summed E-state index contributed by atoms with van der Waals surface area (Å²) in [4.78, 5) is 2.18. The van der Waals surface area contributed by atoms with E-state index in [0.29, 0.717) is 5.69 Å². The van der Waals surface area contributed by atoms with Gasteiger partial charge in [0.1, 0.15) is 0 Å². The van der Waals surface area contributed by atoms with E-state index < -0.39 is 10.0 Å². The highest BCUT2D eigenvalue weighted by atomic mass is 32.2. The first-order valence-corrected chi connectivity index (χ1v) is 9.49. The predicted molar refractivity (Wildman–Crippen MR) is 95.5 cm³/mol. The van der Waals surface area contributed by atoms with Crippen LogP contribution in [0.1, 0.15) is 23.1 Å². The van der Waals surface area contributed by atoms with Gasteiger partial charge in [0.15, 0.2) is 0 Å². The van der Waals surface area contributed by atoms with Crippen LogP contribution < -0.4 is 9.62 Å². The Labute approximate surface area is 138 Å². The minimum absolute atomic E-state index is 0.00734. The third-order valence-electron chi connectivity index (χ3n) is 4.32. The van der Waals surface area contributed by atoms with Crippen LogP contribution >= 0.6 is 0 Å². The Bertz CT molecular complexity index is 816. The number of nitrogens with zero attached hydrogens (tertiary/aromatic N) is 1. The maximum absolute atomic E-state index is 12.4. The number of hydrogen-bond donors (Lipinski definition) is 1. The van der Waals surface area contributed by atoms with Crippen molar-refractivity contribution in [1.82, 2.24) is 0 Å². The molecular formula is C18H22N2O2S. The van der Waals surface area contributed by atoms with Crippen molar-refractivity contribution in [3.63, 3.8) is 0 Å². The molecule has 1 heterocycles. The third-order valence-corrected chi connectivity index (χ3v) is 5.55. The highest BCUT2D eigenvalue weighted by Crippen LogP contribution is 2.29. The number of anilines is 2. The molecule has 0 aromatic heterocycles. The first-order chi connectivity index (χ1) is 10.9. The number of nitrogens with one attached hydrogen (secondary N) is 1. The summed E-state index contributed by atoms with van der Waals surface area (Å²) in [6.45, 7) is 2.94. The lowest BCUT2D eigenvalue weighted by Gasteiger charge is -2.28. The zero-order valence-electron chi connectivity index (χ0n) is 13.5. The Balaban J connectivity index is 1.81. The van der Waals surface area contributed by atoms with Crippen molar-refractivity contribution in [2.75, 3.05) is 23.2 Å². The van der Waals surface area contributed by atoms with Crippen molar-refractivity contribution in [1.29, 1.82) is 0 Å². The number of fused-ring (bicyclic) bond motifs is 1. The lowest BCUT2D eigenvalue weighted by Crippen LogP contribution is -2.25. The van der Waals surface area contributed by atoms with Crippen LogP contribution in [0.25, 0.3) is 0 Å². The van der Waals surface area contributed by atoms with Gasteiger partial charge in [-0.2, -0.15) is 0 Å². The Morgan fingerprint density at radius 2 is 1.96 bits per heavy atom. The van der Waals surface area contributed by atoms with E-state index in [1.54, 1.807) is 0 Å². The van der Waals surface area contributed by atoms with Gasteiger partial charge in [-0.05, 0) is 48.6 Å². The number of hydrogen-bond acceptors (Lipinski definition) is 3. The molecule has 0 fully saturated rings. The Hall–Kier alpha value is -2.01. The number of sulfonamides is 1. The molecule has 2 aromatic rings. The van der Waals surface area contributed by atoms with Crippen molar-refractivity contribution >= 4 is 21.4 Å². The minimum atomic E-state index is -3.42. The highest BCUT2D eigenvalue weighted by molar-refractivity contribution is 7.91. The van der Waals surface area contributed by atoms with Crippen LogP contribution in [0, 0.1) is 6.92 Å². The molecule has 0 spiro atoms. The van der Waals surface area contributed by atoms with E-state index in [-0.39, 0.29) is 5.75 Å². The van der Waals surface area contributed by atoms with Gasteiger partial charge in [0.25, 0.3) is 0 Å². The van der Waals surface area contributed by atoms with Crippen molar-refractivity contribution in [3.8, 4) is 0 Å². The van der Waals surface area contributed by atoms with Gasteiger partial charge in [-0.1, -0.05) is 30.3 Å². The molecule has 1 N–H and O–H groups in total. The molecule has 0 saturated carbocycles. The first-order valence-electron chi connectivity index (χ1n) is 7.84. The summed E-state index contributed by atoms with van der Waals surface area (Å²) in [6.07, 6.45) is 2.19. The summed E-state index contributed by atoms with van der Waals surface area (Å²) in [6, 6.07) is 13.4. The molecule has 122 valence electrons. The van der Waals surface area contributed by atoms with Gasteiger partial charge in [0.05, 0.1) is 11.4 Å². The molecule has 0 saturated heterocycles. The average Bonchev–Trinajstić information content (AvgIpc) is 2.50. The zero-order chi connectivity index (χ0) is 16.4. The molecular weight excluding hydrogens is 308 g/mol. The fraction of sp³-hybridized carbons (Fsp3) is 0.333. The van der Waals surface area contributed by atoms with Crippen molar-refractivity contribution in [2.45, 2.75) is 25.5 Å². The summed E-state index contributed by atoms with van der Waals surface area (Å²) >= 11 is 0. The van der Waals surface area contributed by atoms with Gasteiger partial charge in [0.2, 0.25) is 10.0 Å². The lowest BCUT2D eigenvalue weighted by molar-refractivity contribution is 0.600.